The molecule has 1 aromatic carbocycles. The second kappa shape index (κ2) is 4.18. The summed E-state index contributed by atoms with van der Waals surface area (Å²) >= 11 is 0. The average Bonchev–Trinajstić information content (AvgIpc) is 2.54. The van der Waals surface area contributed by atoms with E-state index in [1.165, 1.54) is 0 Å². The van der Waals surface area contributed by atoms with E-state index in [0.29, 0.717) is 0 Å². The lowest BCUT2D eigenvalue weighted by atomic mass is 9.93. The summed E-state index contributed by atoms with van der Waals surface area (Å²) in [4.78, 5) is 22.7. The minimum absolute atomic E-state index is 0.123. The third-order valence-corrected chi connectivity index (χ3v) is 3.01. The molecule has 1 aliphatic rings. The van der Waals surface area contributed by atoms with E-state index in [2.05, 4.69) is 5.32 Å². The summed E-state index contributed by atoms with van der Waals surface area (Å²) in [6.45, 7) is 1.95. The van der Waals surface area contributed by atoms with E-state index in [0.717, 1.165) is 16.8 Å². The van der Waals surface area contributed by atoms with Gasteiger partial charge in [0.25, 0.3) is 0 Å². The zero-order valence-electron chi connectivity index (χ0n) is 9.57. The van der Waals surface area contributed by atoms with Crippen molar-refractivity contribution in [3.8, 4) is 0 Å². The Hall–Kier alpha value is -1.88. The highest BCUT2D eigenvalue weighted by atomic mass is 16.2. The predicted octanol–water partition coefficient (Wildman–Crippen LogP) is 0.233. The molecule has 0 spiro atoms. The lowest BCUT2D eigenvalue weighted by Gasteiger charge is -2.12. The largest absolute Gasteiger partial charge is 0.368 e. The molecular formula is C12H15N3O2. The average molecular weight is 233 g/mol. The number of primary amides is 1. The van der Waals surface area contributed by atoms with Crippen LogP contribution in [0.2, 0.25) is 0 Å². The number of fused-ring (bicyclic) bond motifs is 1. The first-order valence-corrected chi connectivity index (χ1v) is 5.45. The second-order valence-corrected chi connectivity index (χ2v) is 4.38. The van der Waals surface area contributed by atoms with Crippen LogP contribution in [0.3, 0.4) is 0 Å². The van der Waals surface area contributed by atoms with Gasteiger partial charge < -0.3 is 16.8 Å². The van der Waals surface area contributed by atoms with Crippen LogP contribution in [-0.4, -0.2) is 17.9 Å². The van der Waals surface area contributed by atoms with E-state index < -0.39 is 11.9 Å². The van der Waals surface area contributed by atoms with Gasteiger partial charge in [-0.1, -0.05) is 12.1 Å². The zero-order chi connectivity index (χ0) is 12.6. The first-order chi connectivity index (χ1) is 7.99. The molecule has 0 fully saturated rings. The minimum atomic E-state index is -0.794. The summed E-state index contributed by atoms with van der Waals surface area (Å²) in [7, 11) is 0. The van der Waals surface area contributed by atoms with Crippen molar-refractivity contribution in [1.82, 2.24) is 0 Å². The van der Waals surface area contributed by atoms with Crippen LogP contribution in [-0.2, 0) is 9.59 Å². The van der Waals surface area contributed by atoms with Crippen LogP contribution in [0, 0.1) is 6.92 Å². The predicted molar refractivity (Wildman–Crippen MR) is 64.3 cm³/mol. The first-order valence-electron chi connectivity index (χ1n) is 5.45. The third-order valence-electron chi connectivity index (χ3n) is 3.01. The van der Waals surface area contributed by atoms with Crippen molar-refractivity contribution in [2.75, 3.05) is 5.32 Å². The molecule has 2 rings (SSSR count). The van der Waals surface area contributed by atoms with Crippen molar-refractivity contribution < 1.29 is 9.59 Å². The molecule has 0 bridgehead atoms. The van der Waals surface area contributed by atoms with Gasteiger partial charge >= 0.3 is 0 Å². The molecule has 0 aromatic heterocycles. The molecule has 17 heavy (non-hydrogen) atoms. The molecule has 5 N–H and O–H groups in total. The van der Waals surface area contributed by atoms with Gasteiger partial charge in [0.15, 0.2) is 0 Å². The molecule has 1 aliphatic heterocycles. The van der Waals surface area contributed by atoms with Gasteiger partial charge in [-0.05, 0) is 30.5 Å². The highest BCUT2D eigenvalue weighted by Gasteiger charge is 2.32. The molecule has 2 atom stereocenters. The van der Waals surface area contributed by atoms with E-state index in [-0.39, 0.29) is 18.2 Å². The van der Waals surface area contributed by atoms with E-state index in [1.807, 2.05) is 25.1 Å². The molecule has 1 aromatic rings. The Kier molecular flexibility index (Phi) is 2.85. The maximum Gasteiger partial charge on any atom is 0.234 e. The number of aryl methyl sites for hydroxylation is 1. The van der Waals surface area contributed by atoms with Gasteiger partial charge in [-0.15, -0.1) is 0 Å². The van der Waals surface area contributed by atoms with Gasteiger partial charge in [-0.2, -0.15) is 0 Å². The number of amides is 2. The van der Waals surface area contributed by atoms with Crippen molar-refractivity contribution in [2.45, 2.75) is 25.3 Å². The molecular weight excluding hydrogens is 218 g/mol. The van der Waals surface area contributed by atoms with Crippen LogP contribution in [0.15, 0.2) is 18.2 Å². The van der Waals surface area contributed by atoms with E-state index in [1.54, 1.807) is 0 Å². The van der Waals surface area contributed by atoms with Gasteiger partial charge in [0, 0.05) is 5.69 Å². The standard InChI is InChI=1S/C12H15N3O2/c1-6-2-3-7-8(5-9(13)11(14)16)12(17)15-10(7)4-6/h2-4,8-9H,5,13H2,1H3,(H2,14,16)(H,15,17)/t8?,9-/m0/s1. The summed E-state index contributed by atoms with van der Waals surface area (Å²) in [5, 5.41) is 2.79. The number of nitrogens with two attached hydrogens (primary N) is 2. The van der Waals surface area contributed by atoms with E-state index in [9.17, 15) is 9.59 Å². The number of carbonyl (C=O) groups is 2. The monoisotopic (exact) mass is 233 g/mol. The minimum Gasteiger partial charge on any atom is -0.368 e. The molecule has 1 heterocycles. The van der Waals surface area contributed by atoms with Crippen LogP contribution in [0.25, 0.3) is 0 Å². The van der Waals surface area contributed by atoms with Crippen molar-refractivity contribution in [3.05, 3.63) is 29.3 Å². The highest BCUT2D eigenvalue weighted by molar-refractivity contribution is 6.03. The maximum absolute atomic E-state index is 11.8. The lowest BCUT2D eigenvalue weighted by Crippen LogP contribution is -2.38. The van der Waals surface area contributed by atoms with Crippen LogP contribution in [0.4, 0.5) is 5.69 Å². The zero-order valence-corrected chi connectivity index (χ0v) is 9.57. The number of rotatable bonds is 3. The van der Waals surface area contributed by atoms with Crippen molar-refractivity contribution in [2.24, 2.45) is 11.5 Å². The number of benzene rings is 1. The van der Waals surface area contributed by atoms with Crippen molar-refractivity contribution >= 4 is 17.5 Å². The molecule has 5 heteroatoms. The van der Waals surface area contributed by atoms with Gasteiger partial charge in [0.1, 0.15) is 0 Å². The Labute approximate surface area is 99.2 Å². The smallest absolute Gasteiger partial charge is 0.234 e. The number of hydrogen-bond donors (Lipinski definition) is 3. The normalized spacial score (nSPS) is 19.6. The number of carbonyl (C=O) groups excluding carboxylic acids is 2. The van der Waals surface area contributed by atoms with Crippen LogP contribution in [0.5, 0.6) is 0 Å². The Morgan fingerprint density at radius 3 is 2.88 bits per heavy atom. The Bertz CT molecular complexity index is 485. The summed E-state index contributed by atoms with van der Waals surface area (Å²) < 4.78 is 0. The molecule has 2 amide bonds. The van der Waals surface area contributed by atoms with E-state index in [4.69, 9.17) is 11.5 Å². The van der Waals surface area contributed by atoms with Gasteiger partial charge in [-0.3, -0.25) is 9.59 Å². The summed E-state index contributed by atoms with van der Waals surface area (Å²) in [6.07, 6.45) is 0.247. The van der Waals surface area contributed by atoms with Crippen LogP contribution in [0.1, 0.15) is 23.5 Å². The highest BCUT2D eigenvalue weighted by Crippen LogP contribution is 2.35. The number of nitrogens with one attached hydrogen (secondary N) is 1. The lowest BCUT2D eigenvalue weighted by molar-refractivity contribution is -0.120. The van der Waals surface area contributed by atoms with Crippen LogP contribution < -0.4 is 16.8 Å². The van der Waals surface area contributed by atoms with Gasteiger partial charge in [0.05, 0.1) is 12.0 Å². The maximum atomic E-state index is 11.8. The topological polar surface area (TPSA) is 98.2 Å². The Morgan fingerprint density at radius 1 is 1.53 bits per heavy atom. The second-order valence-electron chi connectivity index (χ2n) is 4.38. The molecule has 0 saturated carbocycles. The molecule has 1 unspecified atom stereocenters. The fourth-order valence-electron chi connectivity index (χ4n) is 2.05. The fourth-order valence-corrected chi connectivity index (χ4v) is 2.05. The van der Waals surface area contributed by atoms with Crippen molar-refractivity contribution in [1.29, 1.82) is 0 Å². The first kappa shape index (κ1) is 11.6. The van der Waals surface area contributed by atoms with Crippen LogP contribution >= 0.6 is 0 Å². The molecule has 0 aliphatic carbocycles. The van der Waals surface area contributed by atoms with Gasteiger partial charge in [-0.25, -0.2) is 0 Å². The van der Waals surface area contributed by atoms with E-state index >= 15 is 0 Å². The summed E-state index contributed by atoms with van der Waals surface area (Å²) in [6, 6.07) is 4.93. The number of anilines is 1. The Balaban J connectivity index is 2.26. The SMILES string of the molecule is Cc1ccc2c(c1)NC(=O)C2C[C@H](N)C(N)=O. The quantitative estimate of drug-likeness (QED) is 0.697. The number of hydrogen-bond acceptors (Lipinski definition) is 3. The Morgan fingerprint density at radius 2 is 2.24 bits per heavy atom. The third kappa shape index (κ3) is 2.14. The van der Waals surface area contributed by atoms with Gasteiger partial charge in [0.2, 0.25) is 11.8 Å². The summed E-state index contributed by atoms with van der Waals surface area (Å²) in [5.41, 5.74) is 13.5. The molecule has 0 radical (unpaired) electrons. The molecule has 5 nitrogen and oxygen atoms in total. The van der Waals surface area contributed by atoms with Crippen molar-refractivity contribution in [3.63, 3.8) is 0 Å². The fraction of sp³-hybridized carbons (Fsp3) is 0.333. The molecule has 90 valence electrons. The summed E-state index contributed by atoms with van der Waals surface area (Å²) in [5.74, 6) is -1.09. The molecule has 0 saturated heterocycles.